The molecule has 0 amide bonds. The van der Waals surface area contributed by atoms with Crippen molar-refractivity contribution in [1.29, 1.82) is 0 Å². The number of nitrogens with zero attached hydrogens (tertiary/aromatic N) is 4. The third-order valence-corrected chi connectivity index (χ3v) is 8.40. The summed E-state index contributed by atoms with van der Waals surface area (Å²) >= 11 is 1.62. The van der Waals surface area contributed by atoms with Crippen molar-refractivity contribution in [3.63, 3.8) is 0 Å². The van der Waals surface area contributed by atoms with Crippen molar-refractivity contribution in [3.05, 3.63) is 0 Å². The molecule has 0 aliphatic rings. The first kappa shape index (κ1) is 29.1. The van der Waals surface area contributed by atoms with Crippen LogP contribution in [0.5, 0.6) is 0 Å². The fourth-order valence-corrected chi connectivity index (χ4v) is 6.17. The van der Waals surface area contributed by atoms with E-state index in [4.69, 9.17) is 23.2 Å². The summed E-state index contributed by atoms with van der Waals surface area (Å²) in [5.41, 5.74) is 0. The fraction of sp³-hybridized carbons (Fsp3) is 0.864. The molecule has 0 aliphatic heterocycles. The molecule has 1 aromatic rings. The number of unbranched alkanes of at least 4 members (excludes halogenated alkanes) is 5. The lowest BCUT2D eigenvalue weighted by atomic mass is 10.1. The van der Waals surface area contributed by atoms with Crippen molar-refractivity contribution in [2.45, 2.75) is 85.2 Å². The highest BCUT2D eigenvalue weighted by Crippen LogP contribution is 2.20. The SMILES string of the molecule is CCCCCCCCN(CC)c1nc(NC[Si](OCC)(OCC)OCC)nc(SCC)n1. The van der Waals surface area contributed by atoms with Gasteiger partial charge >= 0.3 is 8.80 Å². The van der Waals surface area contributed by atoms with Crippen LogP contribution in [-0.2, 0) is 13.3 Å². The third kappa shape index (κ3) is 10.8. The maximum Gasteiger partial charge on any atom is 0.521 e. The molecule has 0 radical (unpaired) electrons. The van der Waals surface area contributed by atoms with Crippen molar-refractivity contribution in [1.82, 2.24) is 15.0 Å². The van der Waals surface area contributed by atoms with Gasteiger partial charge in [-0.25, -0.2) is 0 Å². The summed E-state index contributed by atoms with van der Waals surface area (Å²) in [7, 11) is -2.84. The van der Waals surface area contributed by atoms with Crippen LogP contribution in [0.3, 0.4) is 0 Å². The van der Waals surface area contributed by atoms with E-state index in [0.29, 0.717) is 31.9 Å². The first-order chi connectivity index (χ1) is 15.6. The summed E-state index contributed by atoms with van der Waals surface area (Å²) in [6, 6.07) is 0. The minimum atomic E-state index is -2.84. The average molecular weight is 488 g/mol. The minimum absolute atomic E-state index is 0.422. The molecule has 32 heavy (non-hydrogen) atoms. The van der Waals surface area contributed by atoms with Crippen molar-refractivity contribution < 1.29 is 13.3 Å². The van der Waals surface area contributed by atoms with Crippen LogP contribution in [-0.4, -0.2) is 68.6 Å². The summed E-state index contributed by atoms with van der Waals surface area (Å²) < 4.78 is 17.8. The topological polar surface area (TPSA) is 81.6 Å². The van der Waals surface area contributed by atoms with Crippen LogP contribution in [0.2, 0.25) is 0 Å². The highest BCUT2D eigenvalue weighted by Gasteiger charge is 2.40. The van der Waals surface area contributed by atoms with Crippen LogP contribution >= 0.6 is 11.8 Å². The number of nitrogens with one attached hydrogen (secondary N) is 1. The van der Waals surface area contributed by atoms with E-state index in [1.165, 1.54) is 32.1 Å². The first-order valence-electron chi connectivity index (χ1n) is 12.4. The lowest BCUT2D eigenvalue weighted by molar-refractivity contribution is 0.0740. The molecule has 8 nitrogen and oxygen atoms in total. The van der Waals surface area contributed by atoms with E-state index in [-0.39, 0.29) is 0 Å². The van der Waals surface area contributed by atoms with Crippen molar-refractivity contribution in [2.24, 2.45) is 0 Å². The molecule has 0 bridgehead atoms. The Morgan fingerprint density at radius 2 is 1.44 bits per heavy atom. The normalized spacial score (nSPS) is 11.7. The number of hydrogen-bond donors (Lipinski definition) is 1. The highest BCUT2D eigenvalue weighted by atomic mass is 32.2. The number of anilines is 2. The van der Waals surface area contributed by atoms with Gasteiger partial charge in [0.2, 0.25) is 11.9 Å². The molecule has 0 aliphatic carbocycles. The predicted octanol–water partition coefficient (Wildman–Crippen LogP) is 5.17. The van der Waals surface area contributed by atoms with Crippen molar-refractivity contribution in [3.8, 4) is 0 Å². The van der Waals surface area contributed by atoms with Gasteiger partial charge in [0.15, 0.2) is 5.16 Å². The van der Waals surface area contributed by atoms with Gasteiger partial charge in [0.25, 0.3) is 0 Å². The van der Waals surface area contributed by atoms with Crippen LogP contribution in [0.15, 0.2) is 5.16 Å². The van der Waals surface area contributed by atoms with E-state index < -0.39 is 8.80 Å². The minimum Gasteiger partial charge on any atom is -0.373 e. The van der Waals surface area contributed by atoms with Crippen LogP contribution < -0.4 is 10.2 Å². The zero-order valence-corrected chi connectivity index (χ0v) is 22.9. The lowest BCUT2D eigenvalue weighted by Gasteiger charge is -2.28. The van der Waals surface area contributed by atoms with Crippen molar-refractivity contribution >= 4 is 32.5 Å². The van der Waals surface area contributed by atoms with Crippen LogP contribution in [0.1, 0.15) is 80.1 Å². The van der Waals surface area contributed by atoms with Crippen molar-refractivity contribution in [2.75, 3.05) is 55.0 Å². The van der Waals surface area contributed by atoms with Gasteiger partial charge in [0, 0.05) is 32.9 Å². The Balaban J connectivity index is 2.92. The Kier molecular flexibility index (Phi) is 15.9. The molecule has 0 fully saturated rings. The second kappa shape index (κ2) is 17.5. The van der Waals surface area contributed by atoms with Crippen LogP contribution in [0.25, 0.3) is 0 Å². The molecule has 1 aromatic heterocycles. The molecule has 0 atom stereocenters. The second-order valence-corrected chi connectivity index (χ2v) is 11.2. The Morgan fingerprint density at radius 3 is 2.00 bits per heavy atom. The monoisotopic (exact) mass is 487 g/mol. The molecule has 10 heteroatoms. The van der Waals surface area contributed by atoms with Gasteiger partial charge < -0.3 is 23.5 Å². The van der Waals surface area contributed by atoms with Gasteiger partial charge in [-0.15, -0.1) is 0 Å². The zero-order chi connectivity index (χ0) is 23.7. The molecule has 0 unspecified atom stereocenters. The Hall–Kier alpha value is -0.943. The summed E-state index contributed by atoms with van der Waals surface area (Å²) in [5, 5.41) is 4.07. The molecule has 1 rings (SSSR count). The molecular weight excluding hydrogens is 442 g/mol. The Bertz CT molecular complexity index is 598. The van der Waals surface area contributed by atoms with Gasteiger partial charge in [0.05, 0.1) is 6.17 Å². The summed E-state index contributed by atoms with van der Waals surface area (Å²) in [6.07, 6.45) is 8.04. The predicted molar refractivity (Wildman–Crippen MR) is 137 cm³/mol. The maximum atomic E-state index is 5.95. The summed E-state index contributed by atoms with van der Waals surface area (Å²) in [5.74, 6) is 2.18. The Morgan fingerprint density at radius 1 is 0.812 bits per heavy atom. The quantitative estimate of drug-likeness (QED) is 0.152. The maximum absolute atomic E-state index is 5.95. The van der Waals surface area contributed by atoms with Gasteiger partial charge in [0.1, 0.15) is 0 Å². The molecule has 0 saturated heterocycles. The molecular formula is C22H45N5O3SSi. The highest BCUT2D eigenvalue weighted by molar-refractivity contribution is 7.99. The molecule has 1 heterocycles. The summed E-state index contributed by atoms with van der Waals surface area (Å²) in [4.78, 5) is 16.3. The van der Waals surface area contributed by atoms with Gasteiger partial charge in [-0.1, -0.05) is 57.7 Å². The number of aromatic nitrogens is 3. The zero-order valence-electron chi connectivity index (χ0n) is 21.1. The molecule has 0 saturated carbocycles. The van der Waals surface area contributed by atoms with E-state index in [2.05, 4.69) is 36.0 Å². The molecule has 186 valence electrons. The molecule has 0 spiro atoms. The van der Waals surface area contributed by atoms with Gasteiger partial charge in [-0.2, -0.15) is 15.0 Å². The smallest absolute Gasteiger partial charge is 0.373 e. The van der Waals surface area contributed by atoms with Gasteiger partial charge in [-0.05, 0) is 39.9 Å². The summed E-state index contributed by atoms with van der Waals surface area (Å²) in [6.45, 7) is 15.8. The average Bonchev–Trinajstić information content (AvgIpc) is 2.78. The molecule has 0 aromatic carbocycles. The lowest BCUT2D eigenvalue weighted by Crippen LogP contribution is -2.52. The van der Waals surface area contributed by atoms with Crippen LogP contribution in [0.4, 0.5) is 11.9 Å². The third-order valence-electron chi connectivity index (χ3n) is 4.88. The second-order valence-electron chi connectivity index (χ2n) is 7.36. The van der Waals surface area contributed by atoms with Gasteiger partial charge in [-0.3, -0.25) is 0 Å². The fourth-order valence-electron chi connectivity index (χ4n) is 3.37. The number of hydrogen-bond acceptors (Lipinski definition) is 9. The standard InChI is InChI=1S/C22H45N5O3SSi/c1-7-13-14-15-16-17-18-27(8-2)21-24-20(25-22(26-21)31-12-6)23-19-32(28-9-3,29-10-4)30-11-5/h7-19H2,1-6H3,(H,23,24,25,26). The van der Waals surface area contributed by atoms with E-state index in [1.807, 2.05) is 20.8 Å². The van der Waals surface area contributed by atoms with E-state index in [1.54, 1.807) is 11.8 Å². The first-order valence-corrected chi connectivity index (χ1v) is 15.3. The van der Waals surface area contributed by atoms with Crippen LogP contribution in [0, 0.1) is 0 Å². The number of rotatable bonds is 20. The van der Waals surface area contributed by atoms with E-state index in [0.717, 1.165) is 36.4 Å². The Labute approximate surface area is 201 Å². The van der Waals surface area contributed by atoms with E-state index >= 15 is 0 Å². The largest absolute Gasteiger partial charge is 0.521 e. The molecule has 1 N–H and O–H groups in total. The number of thioether (sulfide) groups is 1. The van der Waals surface area contributed by atoms with E-state index in [9.17, 15) is 0 Å².